The van der Waals surface area contributed by atoms with Crippen molar-refractivity contribution in [3.05, 3.63) is 46.2 Å². The Morgan fingerprint density at radius 1 is 1.44 bits per heavy atom. The largest absolute Gasteiger partial charge is 0.489 e. The molecule has 0 radical (unpaired) electrons. The molecule has 4 heteroatoms. The third kappa shape index (κ3) is 2.64. The van der Waals surface area contributed by atoms with E-state index in [9.17, 15) is 0 Å². The first kappa shape index (κ1) is 11.2. The second kappa shape index (κ2) is 4.70. The van der Waals surface area contributed by atoms with Gasteiger partial charge in [0, 0.05) is 23.3 Å². The highest BCUT2D eigenvalue weighted by Crippen LogP contribution is 2.22. The van der Waals surface area contributed by atoms with Crippen LogP contribution >= 0.6 is 15.9 Å². The molecule has 16 heavy (non-hydrogen) atoms. The molecule has 0 aliphatic heterocycles. The number of aromatic nitrogens is 2. The molecule has 0 aliphatic rings. The van der Waals surface area contributed by atoms with Gasteiger partial charge in [0.1, 0.15) is 12.4 Å². The molecule has 0 unspecified atom stereocenters. The van der Waals surface area contributed by atoms with Gasteiger partial charge in [-0.25, -0.2) is 0 Å². The fourth-order valence-electron chi connectivity index (χ4n) is 1.42. The summed E-state index contributed by atoms with van der Waals surface area (Å²) in [6.07, 6.45) is 3.76. The van der Waals surface area contributed by atoms with Crippen molar-refractivity contribution in [1.82, 2.24) is 9.78 Å². The van der Waals surface area contributed by atoms with Gasteiger partial charge in [0.15, 0.2) is 0 Å². The van der Waals surface area contributed by atoms with Gasteiger partial charge in [0.05, 0.1) is 6.20 Å². The van der Waals surface area contributed by atoms with Crippen LogP contribution in [0.4, 0.5) is 0 Å². The second-order valence-electron chi connectivity index (χ2n) is 3.72. The van der Waals surface area contributed by atoms with E-state index in [0.29, 0.717) is 6.61 Å². The lowest BCUT2D eigenvalue weighted by atomic mass is 10.2. The van der Waals surface area contributed by atoms with Crippen molar-refractivity contribution < 1.29 is 4.74 Å². The molecule has 0 spiro atoms. The average molecular weight is 281 g/mol. The molecule has 1 heterocycles. The van der Waals surface area contributed by atoms with Crippen molar-refractivity contribution in [3.8, 4) is 5.75 Å². The molecule has 1 aromatic carbocycles. The van der Waals surface area contributed by atoms with Crippen LogP contribution in [-0.2, 0) is 13.7 Å². The Hall–Kier alpha value is -1.29. The van der Waals surface area contributed by atoms with Crippen LogP contribution in [0.25, 0.3) is 0 Å². The van der Waals surface area contributed by atoms with Crippen LogP contribution in [0.2, 0.25) is 0 Å². The summed E-state index contributed by atoms with van der Waals surface area (Å²) in [7, 11) is 1.90. The van der Waals surface area contributed by atoms with E-state index in [4.69, 9.17) is 4.74 Å². The first-order valence-corrected chi connectivity index (χ1v) is 5.81. The van der Waals surface area contributed by atoms with Gasteiger partial charge in [0.25, 0.3) is 0 Å². The molecule has 0 amide bonds. The zero-order valence-electron chi connectivity index (χ0n) is 9.27. The number of aryl methyl sites for hydroxylation is 2. The number of benzene rings is 1. The van der Waals surface area contributed by atoms with Gasteiger partial charge in [-0.2, -0.15) is 5.10 Å². The highest BCUT2D eigenvalue weighted by atomic mass is 79.9. The maximum absolute atomic E-state index is 5.67. The molecular weight excluding hydrogens is 268 g/mol. The molecule has 84 valence electrons. The van der Waals surface area contributed by atoms with Gasteiger partial charge in [-0.05, 0) is 30.7 Å². The van der Waals surface area contributed by atoms with E-state index >= 15 is 0 Å². The maximum atomic E-state index is 5.67. The molecule has 0 aliphatic carbocycles. The molecule has 0 bridgehead atoms. The van der Waals surface area contributed by atoms with Gasteiger partial charge in [-0.15, -0.1) is 0 Å². The average Bonchev–Trinajstić information content (AvgIpc) is 2.66. The molecule has 2 aromatic rings. The molecular formula is C12H13BrN2O. The number of nitrogens with zero attached hydrogens (tertiary/aromatic N) is 2. The van der Waals surface area contributed by atoms with Gasteiger partial charge in [-0.1, -0.05) is 15.9 Å². The number of rotatable bonds is 3. The van der Waals surface area contributed by atoms with Gasteiger partial charge < -0.3 is 4.74 Å². The summed E-state index contributed by atoms with van der Waals surface area (Å²) in [6, 6.07) is 5.96. The van der Waals surface area contributed by atoms with Gasteiger partial charge >= 0.3 is 0 Å². The van der Waals surface area contributed by atoms with Crippen LogP contribution in [0, 0.1) is 6.92 Å². The predicted octanol–water partition coefficient (Wildman–Crippen LogP) is 3.07. The molecule has 0 saturated carbocycles. The maximum Gasteiger partial charge on any atom is 0.120 e. The van der Waals surface area contributed by atoms with E-state index in [1.807, 2.05) is 44.6 Å². The van der Waals surface area contributed by atoms with E-state index in [0.717, 1.165) is 15.8 Å². The summed E-state index contributed by atoms with van der Waals surface area (Å²) in [5.74, 6) is 0.879. The molecule has 0 saturated heterocycles. The molecule has 0 atom stereocenters. The number of ether oxygens (including phenoxy) is 1. The molecule has 0 N–H and O–H groups in total. The van der Waals surface area contributed by atoms with Crippen molar-refractivity contribution in [2.24, 2.45) is 7.05 Å². The van der Waals surface area contributed by atoms with Crippen molar-refractivity contribution in [3.63, 3.8) is 0 Å². The van der Waals surface area contributed by atoms with Crippen LogP contribution in [0.1, 0.15) is 11.1 Å². The topological polar surface area (TPSA) is 27.1 Å². The Kier molecular flexibility index (Phi) is 3.29. The molecule has 3 nitrogen and oxygen atoms in total. The predicted molar refractivity (Wildman–Crippen MR) is 66.4 cm³/mol. The SMILES string of the molecule is Cc1cc(OCc2cnn(C)c2)ccc1Br. The highest BCUT2D eigenvalue weighted by Gasteiger charge is 2.00. The van der Waals surface area contributed by atoms with E-state index in [-0.39, 0.29) is 0 Å². The van der Waals surface area contributed by atoms with E-state index in [1.54, 1.807) is 4.68 Å². The molecule has 0 fully saturated rings. The zero-order valence-corrected chi connectivity index (χ0v) is 10.9. The Balaban J connectivity index is 2.02. The fraction of sp³-hybridized carbons (Fsp3) is 0.250. The smallest absolute Gasteiger partial charge is 0.120 e. The lowest BCUT2D eigenvalue weighted by Gasteiger charge is -2.06. The van der Waals surface area contributed by atoms with Crippen molar-refractivity contribution in [1.29, 1.82) is 0 Å². The van der Waals surface area contributed by atoms with Crippen LogP contribution in [0.3, 0.4) is 0 Å². The Bertz CT molecular complexity index is 494. The fourth-order valence-corrected chi connectivity index (χ4v) is 1.67. The normalized spacial score (nSPS) is 10.4. The van der Waals surface area contributed by atoms with Gasteiger partial charge in [-0.3, -0.25) is 4.68 Å². The summed E-state index contributed by atoms with van der Waals surface area (Å²) in [5.41, 5.74) is 2.24. The van der Waals surface area contributed by atoms with Gasteiger partial charge in [0.2, 0.25) is 0 Å². The Morgan fingerprint density at radius 2 is 2.25 bits per heavy atom. The van der Waals surface area contributed by atoms with E-state index in [1.165, 1.54) is 5.56 Å². The summed E-state index contributed by atoms with van der Waals surface area (Å²) in [5, 5.41) is 4.09. The minimum Gasteiger partial charge on any atom is -0.489 e. The van der Waals surface area contributed by atoms with Crippen LogP contribution in [0.15, 0.2) is 35.1 Å². The lowest BCUT2D eigenvalue weighted by Crippen LogP contribution is -1.94. The monoisotopic (exact) mass is 280 g/mol. The number of halogens is 1. The van der Waals surface area contributed by atoms with Crippen LogP contribution < -0.4 is 4.74 Å². The van der Waals surface area contributed by atoms with Crippen molar-refractivity contribution >= 4 is 15.9 Å². The summed E-state index contributed by atoms with van der Waals surface area (Å²) in [6.45, 7) is 2.59. The summed E-state index contributed by atoms with van der Waals surface area (Å²) < 4.78 is 8.53. The Morgan fingerprint density at radius 3 is 2.88 bits per heavy atom. The van der Waals surface area contributed by atoms with Crippen LogP contribution in [-0.4, -0.2) is 9.78 Å². The first-order valence-electron chi connectivity index (χ1n) is 5.01. The summed E-state index contributed by atoms with van der Waals surface area (Å²) in [4.78, 5) is 0. The second-order valence-corrected chi connectivity index (χ2v) is 4.58. The van der Waals surface area contributed by atoms with Crippen molar-refractivity contribution in [2.75, 3.05) is 0 Å². The minimum absolute atomic E-state index is 0.551. The third-order valence-electron chi connectivity index (χ3n) is 2.29. The van der Waals surface area contributed by atoms with Crippen molar-refractivity contribution in [2.45, 2.75) is 13.5 Å². The molecule has 1 aromatic heterocycles. The third-order valence-corrected chi connectivity index (χ3v) is 3.18. The van der Waals surface area contributed by atoms with E-state index in [2.05, 4.69) is 21.0 Å². The van der Waals surface area contributed by atoms with Crippen LogP contribution in [0.5, 0.6) is 5.75 Å². The zero-order chi connectivity index (χ0) is 11.5. The highest BCUT2D eigenvalue weighted by molar-refractivity contribution is 9.10. The minimum atomic E-state index is 0.551. The number of hydrogen-bond donors (Lipinski definition) is 0. The van der Waals surface area contributed by atoms with E-state index < -0.39 is 0 Å². The lowest BCUT2D eigenvalue weighted by molar-refractivity contribution is 0.306. The quantitative estimate of drug-likeness (QED) is 0.864. The number of hydrogen-bond acceptors (Lipinski definition) is 2. The Labute approximate surface area is 103 Å². The summed E-state index contributed by atoms with van der Waals surface area (Å²) >= 11 is 3.46. The molecule has 2 rings (SSSR count). The first-order chi connectivity index (χ1) is 7.65. The standard InChI is InChI=1S/C12H13BrN2O/c1-9-5-11(3-4-12(9)13)16-8-10-6-14-15(2)7-10/h3-7H,8H2,1-2H3.